The van der Waals surface area contributed by atoms with E-state index >= 15 is 0 Å². The van der Waals surface area contributed by atoms with Crippen LogP contribution in [-0.4, -0.2) is 17.5 Å². The van der Waals surface area contributed by atoms with Crippen molar-refractivity contribution in [3.05, 3.63) is 0 Å². The Balaban J connectivity index is 1.96. The molecule has 0 heterocycles. The van der Waals surface area contributed by atoms with Gasteiger partial charge in [0.25, 0.3) is 0 Å². The molecule has 1 aliphatic carbocycles. The molecule has 0 radical (unpaired) electrons. The van der Waals surface area contributed by atoms with Gasteiger partial charge in [0.05, 0.1) is 0 Å². The van der Waals surface area contributed by atoms with Gasteiger partial charge >= 0.3 is 0 Å². The minimum atomic E-state index is 0.861. The van der Waals surface area contributed by atoms with Gasteiger partial charge in [0.15, 0.2) is 0 Å². The fourth-order valence-corrected chi connectivity index (χ4v) is 2.90. The first-order valence-corrected chi connectivity index (χ1v) is 5.80. The number of rotatable bonds is 4. The molecule has 11 heavy (non-hydrogen) atoms. The first kappa shape index (κ1) is 9.40. The van der Waals surface area contributed by atoms with Crippen LogP contribution in [0.1, 0.15) is 38.5 Å². The van der Waals surface area contributed by atoms with Crippen molar-refractivity contribution in [2.75, 3.05) is 12.3 Å². The normalized spacial score (nSPS) is 20.5. The van der Waals surface area contributed by atoms with E-state index in [0.717, 1.165) is 11.8 Å². The summed E-state index contributed by atoms with van der Waals surface area (Å²) < 4.78 is 0. The van der Waals surface area contributed by atoms with Gasteiger partial charge in [-0.15, -0.1) is 0 Å². The van der Waals surface area contributed by atoms with Crippen LogP contribution in [0.2, 0.25) is 0 Å². The molecule has 1 nitrogen and oxygen atoms in total. The largest absolute Gasteiger partial charge is 0.330 e. The zero-order valence-corrected chi connectivity index (χ0v) is 8.04. The Morgan fingerprint density at radius 3 is 2.55 bits per heavy atom. The maximum Gasteiger partial charge on any atom is 0.00470 e. The van der Waals surface area contributed by atoms with E-state index in [2.05, 4.69) is 11.8 Å². The summed E-state index contributed by atoms with van der Waals surface area (Å²) in [5, 5.41) is 0.968. The Morgan fingerprint density at radius 2 is 1.91 bits per heavy atom. The molecule has 0 aromatic rings. The highest BCUT2D eigenvalue weighted by molar-refractivity contribution is 7.99. The summed E-state index contributed by atoms with van der Waals surface area (Å²) in [5.74, 6) is 1.28. The lowest BCUT2D eigenvalue weighted by Gasteiger charge is -2.20. The molecule has 0 spiro atoms. The van der Waals surface area contributed by atoms with Crippen LogP contribution < -0.4 is 5.73 Å². The highest BCUT2D eigenvalue weighted by Crippen LogP contribution is 2.28. The third-order valence-electron chi connectivity index (χ3n) is 2.25. The highest BCUT2D eigenvalue weighted by atomic mass is 32.2. The molecule has 0 amide bonds. The van der Waals surface area contributed by atoms with Gasteiger partial charge in [0, 0.05) is 5.25 Å². The van der Waals surface area contributed by atoms with E-state index in [1.807, 2.05) is 0 Å². The molecule has 0 bridgehead atoms. The van der Waals surface area contributed by atoms with Crippen molar-refractivity contribution in [1.29, 1.82) is 0 Å². The minimum absolute atomic E-state index is 0.861. The predicted octanol–water partition coefficient (Wildman–Crippen LogP) is 2.40. The first-order chi connectivity index (χ1) is 5.43. The molecule has 2 N–H and O–H groups in total. The summed E-state index contributed by atoms with van der Waals surface area (Å²) in [4.78, 5) is 0. The zero-order valence-electron chi connectivity index (χ0n) is 7.22. The molecule has 1 fully saturated rings. The number of nitrogens with two attached hydrogens (primary N) is 1. The second-order valence-electron chi connectivity index (χ2n) is 3.27. The van der Waals surface area contributed by atoms with Crippen LogP contribution in [0.3, 0.4) is 0 Å². The van der Waals surface area contributed by atoms with Crippen molar-refractivity contribution in [3.63, 3.8) is 0 Å². The first-order valence-electron chi connectivity index (χ1n) is 4.75. The number of hydrogen-bond donors (Lipinski definition) is 1. The van der Waals surface area contributed by atoms with Crippen molar-refractivity contribution in [1.82, 2.24) is 0 Å². The summed E-state index contributed by atoms with van der Waals surface area (Å²) in [6.45, 7) is 0.861. The van der Waals surface area contributed by atoms with E-state index in [4.69, 9.17) is 5.73 Å². The Bertz CT molecular complexity index is 89.6. The molecular formula is C9H19NS. The van der Waals surface area contributed by atoms with Gasteiger partial charge in [-0.25, -0.2) is 0 Å². The molecular weight excluding hydrogens is 154 g/mol. The Labute approximate surface area is 74.1 Å². The van der Waals surface area contributed by atoms with Gasteiger partial charge in [0.2, 0.25) is 0 Å². The van der Waals surface area contributed by atoms with E-state index in [1.165, 1.54) is 44.3 Å². The zero-order chi connectivity index (χ0) is 7.94. The fourth-order valence-electron chi connectivity index (χ4n) is 1.57. The summed E-state index contributed by atoms with van der Waals surface area (Å²) in [7, 11) is 0. The summed E-state index contributed by atoms with van der Waals surface area (Å²) in [6.07, 6.45) is 8.49. The number of hydrogen-bond acceptors (Lipinski definition) is 2. The minimum Gasteiger partial charge on any atom is -0.330 e. The van der Waals surface area contributed by atoms with Crippen molar-refractivity contribution >= 4 is 11.8 Å². The molecule has 66 valence electrons. The molecule has 0 atom stereocenters. The molecule has 0 unspecified atom stereocenters. The lowest BCUT2D eigenvalue weighted by Crippen LogP contribution is -2.09. The molecule has 0 saturated heterocycles. The fraction of sp³-hybridized carbons (Fsp3) is 1.00. The van der Waals surface area contributed by atoms with E-state index in [1.54, 1.807) is 0 Å². The summed E-state index contributed by atoms with van der Waals surface area (Å²) in [5.41, 5.74) is 5.43. The lowest BCUT2D eigenvalue weighted by molar-refractivity contribution is 0.516. The van der Waals surface area contributed by atoms with E-state index in [-0.39, 0.29) is 0 Å². The maximum absolute atomic E-state index is 5.43. The quantitative estimate of drug-likeness (QED) is 0.661. The van der Waals surface area contributed by atoms with Gasteiger partial charge in [-0.2, -0.15) is 11.8 Å². The van der Waals surface area contributed by atoms with E-state index in [0.29, 0.717) is 0 Å². The van der Waals surface area contributed by atoms with E-state index in [9.17, 15) is 0 Å². The van der Waals surface area contributed by atoms with Gasteiger partial charge < -0.3 is 5.73 Å². The number of thioether (sulfide) groups is 1. The van der Waals surface area contributed by atoms with Crippen molar-refractivity contribution in [3.8, 4) is 0 Å². The second-order valence-corrected chi connectivity index (χ2v) is 4.68. The van der Waals surface area contributed by atoms with Crippen LogP contribution in [-0.2, 0) is 0 Å². The molecule has 0 aromatic heterocycles. The summed E-state index contributed by atoms with van der Waals surface area (Å²) in [6, 6.07) is 0. The standard InChI is InChI=1S/C9H19NS/c10-7-4-8-11-9-5-2-1-3-6-9/h9H,1-8,10H2. The van der Waals surface area contributed by atoms with Crippen LogP contribution >= 0.6 is 11.8 Å². The SMILES string of the molecule is NCCCSC1CCCCC1. The highest BCUT2D eigenvalue weighted by Gasteiger charge is 2.12. The molecule has 1 aliphatic rings. The van der Waals surface area contributed by atoms with Crippen molar-refractivity contribution in [2.24, 2.45) is 5.73 Å². The molecule has 1 rings (SSSR count). The maximum atomic E-state index is 5.43. The third-order valence-corrected chi connectivity index (χ3v) is 3.72. The third kappa shape index (κ3) is 4.02. The monoisotopic (exact) mass is 173 g/mol. The van der Waals surface area contributed by atoms with Crippen LogP contribution in [0.15, 0.2) is 0 Å². The van der Waals surface area contributed by atoms with Crippen LogP contribution in [0, 0.1) is 0 Å². The van der Waals surface area contributed by atoms with Crippen molar-refractivity contribution < 1.29 is 0 Å². The average molecular weight is 173 g/mol. The van der Waals surface area contributed by atoms with Gasteiger partial charge in [-0.05, 0) is 31.6 Å². The molecule has 0 aromatic carbocycles. The topological polar surface area (TPSA) is 26.0 Å². The van der Waals surface area contributed by atoms with Crippen LogP contribution in [0.25, 0.3) is 0 Å². The summed E-state index contributed by atoms with van der Waals surface area (Å²) >= 11 is 2.14. The Morgan fingerprint density at radius 1 is 1.18 bits per heavy atom. The average Bonchev–Trinajstić information content (AvgIpc) is 2.07. The van der Waals surface area contributed by atoms with Gasteiger partial charge in [-0.3, -0.25) is 0 Å². The van der Waals surface area contributed by atoms with E-state index < -0.39 is 0 Å². The Kier molecular flexibility index (Phi) is 5.04. The van der Waals surface area contributed by atoms with Gasteiger partial charge in [-0.1, -0.05) is 19.3 Å². The molecule has 1 saturated carbocycles. The van der Waals surface area contributed by atoms with Gasteiger partial charge in [0.1, 0.15) is 0 Å². The molecule has 2 heteroatoms. The lowest BCUT2D eigenvalue weighted by atomic mass is 10.0. The predicted molar refractivity (Wildman–Crippen MR) is 53.0 cm³/mol. The second kappa shape index (κ2) is 5.90. The Hall–Kier alpha value is 0.310. The van der Waals surface area contributed by atoms with Crippen molar-refractivity contribution in [2.45, 2.75) is 43.8 Å². The van der Waals surface area contributed by atoms with Crippen LogP contribution in [0.4, 0.5) is 0 Å². The molecule has 0 aliphatic heterocycles. The smallest absolute Gasteiger partial charge is 0.00470 e. The van der Waals surface area contributed by atoms with Crippen LogP contribution in [0.5, 0.6) is 0 Å².